The average molecular weight is 218 g/mol. The van der Waals surface area contributed by atoms with Crippen molar-refractivity contribution in [3.05, 3.63) is 0 Å². The van der Waals surface area contributed by atoms with Gasteiger partial charge < -0.3 is 4.74 Å². The van der Waals surface area contributed by atoms with E-state index < -0.39 is 9.89 Å². The van der Waals surface area contributed by atoms with E-state index in [4.69, 9.17) is 40.2 Å². The third kappa shape index (κ3) is 7.71. The van der Waals surface area contributed by atoms with E-state index in [9.17, 15) is 4.79 Å². The van der Waals surface area contributed by atoms with Crippen molar-refractivity contribution in [2.75, 3.05) is 6.61 Å². The van der Waals surface area contributed by atoms with E-state index in [-0.39, 0.29) is 6.61 Å². The molecular formula is C4H4Cl3N2O2. The number of carbonyl (C=O) groups is 1. The van der Waals surface area contributed by atoms with E-state index >= 15 is 0 Å². The topological polar surface area (TPSA) is 62.2 Å². The number of nitrogens with one attached hydrogen (secondary N) is 2. The van der Waals surface area contributed by atoms with Crippen LogP contribution in [0.1, 0.15) is 0 Å². The minimum Gasteiger partial charge on any atom is -0.445 e. The van der Waals surface area contributed by atoms with Gasteiger partial charge in [-0.15, -0.1) is 0 Å². The highest BCUT2D eigenvalue weighted by Gasteiger charge is 2.21. The van der Waals surface area contributed by atoms with Gasteiger partial charge in [0.1, 0.15) is 6.61 Å². The number of ether oxygens (including phenoxy) is 1. The molecule has 0 aromatic heterocycles. The summed E-state index contributed by atoms with van der Waals surface area (Å²) in [7, 11) is 0. The van der Waals surface area contributed by atoms with Gasteiger partial charge in [-0.2, -0.15) is 0 Å². The van der Waals surface area contributed by atoms with Crippen molar-refractivity contribution in [2.24, 2.45) is 0 Å². The molecule has 1 amide bonds. The Morgan fingerprint density at radius 1 is 1.64 bits per heavy atom. The Bertz CT molecular complexity index is 156. The SMILES string of the molecule is N=[C]NC(=O)OCC(Cl)(Cl)Cl. The summed E-state index contributed by atoms with van der Waals surface area (Å²) < 4.78 is 2.69. The molecular weight excluding hydrogens is 214 g/mol. The second-order valence-electron chi connectivity index (χ2n) is 1.44. The molecule has 0 saturated carbocycles. The van der Waals surface area contributed by atoms with Crippen LogP contribution in [0, 0.1) is 5.41 Å². The summed E-state index contributed by atoms with van der Waals surface area (Å²) in [5.41, 5.74) is 0. The van der Waals surface area contributed by atoms with Crippen molar-refractivity contribution in [1.82, 2.24) is 5.32 Å². The van der Waals surface area contributed by atoms with Gasteiger partial charge >= 0.3 is 6.09 Å². The summed E-state index contributed by atoms with van der Waals surface area (Å²) in [6.07, 6.45) is 0.717. The molecule has 0 aliphatic rings. The number of hydrogen-bond donors (Lipinski definition) is 2. The lowest BCUT2D eigenvalue weighted by Gasteiger charge is -2.09. The van der Waals surface area contributed by atoms with Crippen molar-refractivity contribution in [2.45, 2.75) is 3.79 Å². The summed E-state index contributed by atoms with van der Waals surface area (Å²) >= 11 is 15.7. The zero-order valence-electron chi connectivity index (χ0n) is 5.16. The smallest absolute Gasteiger partial charge is 0.413 e. The summed E-state index contributed by atoms with van der Waals surface area (Å²) in [5, 5.41) is 8.10. The summed E-state index contributed by atoms with van der Waals surface area (Å²) in [4.78, 5) is 10.4. The molecule has 0 aliphatic heterocycles. The third-order valence-electron chi connectivity index (χ3n) is 0.531. The molecule has 0 atom stereocenters. The molecule has 7 heteroatoms. The molecule has 0 aromatic carbocycles. The van der Waals surface area contributed by atoms with Crippen LogP contribution in [0.5, 0.6) is 0 Å². The highest BCUT2D eigenvalue weighted by molar-refractivity contribution is 6.67. The number of rotatable bonds is 2. The first kappa shape index (κ1) is 10.8. The van der Waals surface area contributed by atoms with Crippen LogP contribution in [0.3, 0.4) is 0 Å². The number of carbonyl (C=O) groups excluding carboxylic acids is 1. The first-order chi connectivity index (χ1) is 4.95. The maximum atomic E-state index is 10.4. The fraction of sp³-hybridized carbons (Fsp3) is 0.500. The second kappa shape index (κ2) is 4.64. The van der Waals surface area contributed by atoms with E-state index in [2.05, 4.69) is 4.74 Å². The lowest BCUT2D eigenvalue weighted by atomic mass is 10.8. The zero-order chi connectivity index (χ0) is 8.91. The highest BCUT2D eigenvalue weighted by Crippen LogP contribution is 2.25. The van der Waals surface area contributed by atoms with Gasteiger partial charge in [0.05, 0.1) is 0 Å². The number of halogens is 3. The Morgan fingerprint density at radius 3 is 2.55 bits per heavy atom. The fourth-order valence-electron chi connectivity index (χ4n) is 0.234. The van der Waals surface area contributed by atoms with Crippen molar-refractivity contribution >= 4 is 47.2 Å². The van der Waals surface area contributed by atoms with E-state index in [0.29, 0.717) is 0 Å². The van der Waals surface area contributed by atoms with Crippen LogP contribution in [0.4, 0.5) is 4.79 Å². The van der Waals surface area contributed by atoms with E-state index in [1.54, 1.807) is 11.7 Å². The molecule has 0 spiro atoms. The largest absolute Gasteiger partial charge is 0.445 e. The minimum atomic E-state index is -1.63. The van der Waals surface area contributed by atoms with Gasteiger partial charge in [-0.3, -0.25) is 10.7 Å². The first-order valence-corrected chi connectivity index (χ1v) is 3.50. The van der Waals surface area contributed by atoms with Crippen LogP contribution in [0.15, 0.2) is 0 Å². The zero-order valence-corrected chi connectivity index (χ0v) is 7.43. The molecule has 0 saturated heterocycles. The molecule has 0 aromatic rings. The Hall–Kier alpha value is -0.190. The van der Waals surface area contributed by atoms with Gasteiger partial charge in [-0.05, 0) is 0 Å². The monoisotopic (exact) mass is 217 g/mol. The lowest BCUT2D eigenvalue weighted by molar-refractivity contribution is 0.154. The van der Waals surface area contributed by atoms with Crippen LogP contribution in [-0.2, 0) is 4.74 Å². The molecule has 4 nitrogen and oxygen atoms in total. The van der Waals surface area contributed by atoms with E-state index in [1.807, 2.05) is 0 Å². The molecule has 0 unspecified atom stereocenters. The van der Waals surface area contributed by atoms with Crippen LogP contribution < -0.4 is 5.32 Å². The summed E-state index contributed by atoms with van der Waals surface area (Å²) in [6, 6.07) is 0. The molecule has 63 valence electrons. The molecule has 2 N–H and O–H groups in total. The number of amides is 1. The Balaban J connectivity index is 3.54. The minimum absolute atomic E-state index is 0.370. The fourth-order valence-corrected chi connectivity index (χ4v) is 0.398. The predicted molar refractivity (Wildman–Crippen MR) is 42.5 cm³/mol. The maximum absolute atomic E-state index is 10.4. The van der Waals surface area contributed by atoms with E-state index in [0.717, 1.165) is 0 Å². The lowest BCUT2D eigenvalue weighted by Crippen LogP contribution is -2.26. The maximum Gasteiger partial charge on any atom is 0.413 e. The summed E-state index contributed by atoms with van der Waals surface area (Å²) in [5.74, 6) is 0. The van der Waals surface area contributed by atoms with Crippen LogP contribution in [0.25, 0.3) is 0 Å². The van der Waals surface area contributed by atoms with Crippen LogP contribution in [0.2, 0.25) is 0 Å². The molecule has 0 bridgehead atoms. The normalized spacial score (nSPS) is 10.5. The number of hydrogen-bond acceptors (Lipinski definition) is 3. The van der Waals surface area contributed by atoms with Gasteiger partial charge in [0, 0.05) is 0 Å². The summed E-state index contributed by atoms with van der Waals surface area (Å²) in [6.45, 7) is -0.370. The first-order valence-electron chi connectivity index (χ1n) is 2.37. The average Bonchev–Trinajstić information content (AvgIpc) is 1.83. The molecule has 0 rings (SSSR count). The predicted octanol–water partition coefficient (Wildman–Crippen LogP) is 1.57. The second-order valence-corrected chi connectivity index (χ2v) is 3.96. The van der Waals surface area contributed by atoms with Crippen LogP contribution >= 0.6 is 34.8 Å². The molecule has 0 aliphatic carbocycles. The Kier molecular flexibility index (Phi) is 4.56. The van der Waals surface area contributed by atoms with Gasteiger partial charge in [0.2, 0.25) is 3.79 Å². The van der Waals surface area contributed by atoms with Crippen molar-refractivity contribution < 1.29 is 9.53 Å². The molecule has 0 heterocycles. The van der Waals surface area contributed by atoms with Gasteiger partial charge in [0.25, 0.3) is 0 Å². The van der Waals surface area contributed by atoms with Gasteiger partial charge in [-0.25, -0.2) is 4.79 Å². The molecule has 0 fully saturated rings. The van der Waals surface area contributed by atoms with E-state index in [1.165, 1.54) is 0 Å². The number of alkyl carbamates (subject to hydrolysis) is 1. The Morgan fingerprint density at radius 2 is 2.18 bits per heavy atom. The quantitative estimate of drug-likeness (QED) is 0.320. The third-order valence-corrected chi connectivity index (χ3v) is 0.859. The van der Waals surface area contributed by atoms with Crippen molar-refractivity contribution in [1.29, 1.82) is 5.41 Å². The molecule has 1 radical (unpaired) electrons. The molecule has 11 heavy (non-hydrogen) atoms. The van der Waals surface area contributed by atoms with Crippen molar-refractivity contribution in [3.63, 3.8) is 0 Å². The highest BCUT2D eigenvalue weighted by atomic mass is 35.6. The van der Waals surface area contributed by atoms with Gasteiger partial charge in [0.15, 0.2) is 6.34 Å². The Labute approximate surface area is 78.3 Å². The van der Waals surface area contributed by atoms with Crippen molar-refractivity contribution in [3.8, 4) is 0 Å². The van der Waals surface area contributed by atoms with Gasteiger partial charge in [-0.1, -0.05) is 34.8 Å². The standard InChI is InChI=1S/C4H4Cl3N2O2/c5-4(6,7)1-11-3(10)9-2-8/h1H2,(H2,8,9,10). The van der Waals surface area contributed by atoms with Crippen LogP contribution in [-0.4, -0.2) is 22.8 Å². The number of alkyl halides is 3.